The Labute approximate surface area is 130 Å². The molecule has 1 aromatic rings. The van der Waals surface area contributed by atoms with Gasteiger partial charge in [-0.15, -0.1) is 0 Å². The van der Waals surface area contributed by atoms with Crippen molar-refractivity contribution in [2.45, 2.75) is 45.1 Å². The van der Waals surface area contributed by atoms with Crippen LogP contribution in [-0.4, -0.2) is 49.1 Å². The summed E-state index contributed by atoms with van der Waals surface area (Å²) in [5.74, 6) is 0. The highest BCUT2D eigenvalue weighted by atomic mass is 15.2. The van der Waals surface area contributed by atoms with Gasteiger partial charge in [-0.3, -0.25) is 0 Å². The summed E-state index contributed by atoms with van der Waals surface area (Å²) in [6.07, 6.45) is 2.59. The summed E-state index contributed by atoms with van der Waals surface area (Å²) in [5.41, 5.74) is 8.17. The van der Waals surface area contributed by atoms with Crippen LogP contribution in [0.1, 0.15) is 39.2 Å². The first-order valence-electron chi connectivity index (χ1n) is 8.21. The Morgan fingerprint density at radius 2 is 1.76 bits per heavy atom. The number of piperidine rings is 1. The lowest BCUT2D eigenvalue weighted by atomic mass is 9.83. The highest BCUT2D eigenvalue weighted by molar-refractivity contribution is 5.41. The van der Waals surface area contributed by atoms with E-state index in [1.165, 1.54) is 38.0 Å². The van der Waals surface area contributed by atoms with Crippen molar-refractivity contribution in [1.82, 2.24) is 9.80 Å². The minimum Gasteiger partial charge on any atom is -0.399 e. The summed E-state index contributed by atoms with van der Waals surface area (Å²) in [7, 11) is 2.28. The third kappa shape index (κ3) is 4.21. The lowest BCUT2D eigenvalue weighted by Gasteiger charge is -2.40. The van der Waals surface area contributed by atoms with Crippen LogP contribution < -0.4 is 5.73 Å². The molecule has 0 saturated carbocycles. The second-order valence-electron chi connectivity index (χ2n) is 7.09. The summed E-state index contributed by atoms with van der Waals surface area (Å²) in [4.78, 5) is 5.11. The van der Waals surface area contributed by atoms with Crippen LogP contribution in [0, 0.1) is 0 Å². The molecule has 3 nitrogen and oxygen atoms in total. The zero-order chi connectivity index (χ0) is 15.5. The average Bonchev–Trinajstić information content (AvgIpc) is 2.47. The van der Waals surface area contributed by atoms with Crippen LogP contribution in [0.15, 0.2) is 24.3 Å². The Morgan fingerprint density at radius 3 is 2.29 bits per heavy atom. The van der Waals surface area contributed by atoms with Crippen molar-refractivity contribution in [2.24, 2.45) is 0 Å². The van der Waals surface area contributed by atoms with Gasteiger partial charge in [0, 0.05) is 23.7 Å². The first-order valence-corrected chi connectivity index (χ1v) is 8.21. The Bertz CT molecular complexity index is 430. The Morgan fingerprint density at radius 1 is 1.19 bits per heavy atom. The number of hydrogen-bond acceptors (Lipinski definition) is 3. The smallest absolute Gasteiger partial charge is 0.0314 e. The fourth-order valence-corrected chi connectivity index (χ4v) is 3.45. The van der Waals surface area contributed by atoms with Gasteiger partial charge in [0.2, 0.25) is 0 Å². The van der Waals surface area contributed by atoms with Crippen LogP contribution in [0.2, 0.25) is 0 Å². The van der Waals surface area contributed by atoms with Crippen LogP contribution >= 0.6 is 0 Å². The molecule has 0 amide bonds. The van der Waals surface area contributed by atoms with Crippen molar-refractivity contribution in [3.8, 4) is 0 Å². The first-order chi connectivity index (χ1) is 9.92. The minimum absolute atomic E-state index is 0.157. The maximum Gasteiger partial charge on any atom is 0.0314 e. The minimum atomic E-state index is 0.157. The molecule has 0 bridgehead atoms. The van der Waals surface area contributed by atoms with Crippen LogP contribution in [0.5, 0.6) is 0 Å². The quantitative estimate of drug-likeness (QED) is 0.846. The third-order valence-corrected chi connectivity index (χ3v) is 4.96. The van der Waals surface area contributed by atoms with Gasteiger partial charge in [0.15, 0.2) is 0 Å². The van der Waals surface area contributed by atoms with Gasteiger partial charge in [0.05, 0.1) is 0 Å². The Hall–Kier alpha value is -1.06. The molecule has 1 saturated heterocycles. The zero-order valence-corrected chi connectivity index (χ0v) is 14.1. The number of nitrogens with two attached hydrogens (primary N) is 1. The number of rotatable bonds is 5. The second kappa shape index (κ2) is 6.80. The normalized spacial score (nSPS) is 18.3. The zero-order valence-electron chi connectivity index (χ0n) is 14.1. The molecule has 0 radical (unpaired) electrons. The molecule has 2 rings (SSSR count). The van der Waals surface area contributed by atoms with Gasteiger partial charge in [-0.05, 0) is 57.2 Å². The highest BCUT2D eigenvalue weighted by Crippen LogP contribution is 2.27. The molecule has 0 spiro atoms. The van der Waals surface area contributed by atoms with Crippen molar-refractivity contribution in [3.63, 3.8) is 0 Å². The molecular weight excluding hydrogens is 258 g/mol. The van der Waals surface area contributed by atoms with Crippen LogP contribution in [0.25, 0.3) is 0 Å². The lowest BCUT2D eigenvalue weighted by Crippen LogP contribution is -2.46. The molecule has 2 N–H and O–H groups in total. The predicted molar refractivity (Wildman–Crippen MR) is 91.6 cm³/mol. The fourth-order valence-electron chi connectivity index (χ4n) is 3.45. The molecule has 0 aliphatic carbocycles. The molecule has 3 heteroatoms. The predicted octanol–water partition coefficient (Wildman–Crippen LogP) is 2.96. The van der Waals surface area contributed by atoms with Crippen LogP contribution in [-0.2, 0) is 5.41 Å². The van der Waals surface area contributed by atoms with E-state index in [0.29, 0.717) is 0 Å². The van der Waals surface area contributed by atoms with Gasteiger partial charge >= 0.3 is 0 Å². The number of likely N-dealkylation sites (N-methyl/N-ethyl adjacent to an activating group) is 1. The van der Waals surface area contributed by atoms with Gasteiger partial charge in [0.1, 0.15) is 0 Å². The first kappa shape index (κ1) is 16.3. The van der Waals surface area contributed by atoms with Gasteiger partial charge in [-0.25, -0.2) is 0 Å². The van der Waals surface area contributed by atoms with E-state index in [0.717, 1.165) is 18.3 Å². The molecule has 1 heterocycles. The molecule has 0 aromatic heterocycles. The summed E-state index contributed by atoms with van der Waals surface area (Å²) in [5, 5.41) is 0. The summed E-state index contributed by atoms with van der Waals surface area (Å²) >= 11 is 0. The molecular formula is C18H31N3. The van der Waals surface area contributed by atoms with Gasteiger partial charge in [0.25, 0.3) is 0 Å². The molecule has 1 aliphatic rings. The van der Waals surface area contributed by atoms with Gasteiger partial charge < -0.3 is 15.5 Å². The number of hydrogen-bond donors (Lipinski definition) is 1. The summed E-state index contributed by atoms with van der Waals surface area (Å²) in [6.45, 7) is 11.7. The van der Waals surface area contributed by atoms with Crippen molar-refractivity contribution >= 4 is 5.69 Å². The van der Waals surface area contributed by atoms with Crippen molar-refractivity contribution in [1.29, 1.82) is 0 Å². The van der Waals surface area contributed by atoms with E-state index < -0.39 is 0 Å². The van der Waals surface area contributed by atoms with Crippen LogP contribution in [0.3, 0.4) is 0 Å². The van der Waals surface area contributed by atoms with E-state index in [1.54, 1.807) is 0 Å². The van der Waals surface area contributed by atoms with E-state index in [2.05, 4.69) is 49.8 Å². The molecule has 118 valence electrons. The molecule has 1 aromatic carbocycles. The average molecular weight is 289 g/mol. The van der Waals surface area contributed by atoms with Gasteiger partial charge in [-0.2, -0.15) is 0 Å². The van der Waals surface area contributed by atoms with E-state index in [1.807, 2.05) is 12.1 Å². The monoisotopic (exact) mass is 289 g/mol. The fraction of sp³-hybridized carbons (Fsp3) is 0.667. The number of nitrogen functional groups attached to an aromatic ring is 1. The maximum absolute atomic E-state index is 5.80. The van der Waals surface area contributed by atoms with Crippen molar-refractivity contribution in [2.75, 3.05) is 39.0 Å². The maximum atomic E-state index is 5.80. The Kier molecular flexibility index (Phi) is 5.28. The number of nitrogens with zero attached hydrogens (tertiary/aromatic N) is 2. The standard InChI is InChI=1S/C18H31N3/c1-5-21-12-10-17(11-13-21)20(4)14-18(2,3)15-6-8-16(19)9-7-15/h6-9,17H,5,10-14,19H2,1-4H3. The van der Waals surface area contributed by atoms with Crippen molar-refractivity contribution < 1.29 is 0 Å². The summed E-state index contributed by atoms with van der Waals surface area (Å²) < 4.78 is 0. The van der Waals surface area contributed by atoms with E-state index >= 15 is 0 Å². The highest BCUT2D eigenvalue weighted by Gasteiger charge is 2.27. The summed E-state index contributed by atoms with van der Waals surface area (Å²) in [6, 6.07) is 9.08. The number of anilines is 1. The van der Waals surface area contributed by atoms with Gasteiger partial charge in [-0.1, -0.05) is 32.9 Å². The molecule has 0 atom stereocenters. The number of likely N-dealkylation sites (tertiary alicyclic amines) is 1. The SMILES string of the molecule is CCN1CCC(N(C)CC(C)(C)c2ccc(N)cc2)CC1. The van der Waals surface area contributed by atoms with Crippen LogP contribution in [0.4, 0.5) is 5.69 Å². The largest absolute Gasteiger partial charge is 0.399 e. The second-order valence-corrected chi connectivity index (χ2v) is 7.09. The molecule has 1 aliphatic heterocycles. The lowest BCUT2D eigenvalue weighted by molar-refractivity contribution is 0.116. The number of benzene rings is 1. The van der Waals surface area contributed by atoms with E-state index in [-0.39, 0.29) is 5.41 Å². The van der Waals surface area contributed by atoms with E-state index in [4.69, 9.17) is 5.73 Å². The molecule has 0 unspecified atom stereocenters. The van der Waals surface area contributed by atoms with Crippen molar-refractivity contribution in [3.05, 3.63) is 29.8 Å². The molecule has 21 heavy (non-hydrogen) atoms. The molecule has 1 fully saturated rings. The topological polar surface area (TPSA) is 32.5 Å². The van der Waals surface area contributed by atoms with E-state index in [9.17, 15) is 0 Å². The third-order valence-electron chi connectivity index (χ3n) is 4.96. The Balaban J connectivity index is 1.95.